The van der Waals surface area contributed by atoms with Crippen molar-refractivity contribution in [2.45, 2.75) is 53.1 Å². The van der Waals surface area contributed by atoms with Crippen molar-refractivity contribution in [1.29, 1.82) is 0 Å². The van der Waals surface area contributed by atoms with Gasteiger partial charge in [-0.25, -0.2) is 13.9 Å². The molecule has 4 aromatic rings. The lowest BCUT2D eigenvalue weighted by molar-refractivity contribution is 0.0937. The number of anilines is 1. The minimum Gasteiger partial charge on any atom is -0.347 e. The summed E-state index contributed by atoms with van der Waals surface area (Å²) in [5, 5.41) is 7.79. The molecule has 9 heteroatoms. The van der Waals surface area contributed by atoms with Gasteiger partial charge in [-0.1, -0.05) is 26.0 Å². The van der Waals surface area contributed by atoms with Crippen molar-refractivity contribution in [1.82, 2.24) is 24.5 Å². The van der Waals surface area contributed by atoms with E-state index in [-0.39, 0.29) is 30.5 Å². The molecule has 1 fully saturated rings. The van der Waals surface area contributed by atoms with E-state index in [0.717, 1.165) is 28.2 Å². The lowest BCUT2D eigenvalue weighted by Crippen LogP contribution is -2.40. The molecular weight excluding hydrogens is 471 g/mol. The molecule has 1 aliphatic rings. The van der Waals surface area contributed by atoms with E-state index in [1.54, 1.807) is 29.9 Å². The smallest absolute Gasteiger partial charge is 0.263 e. The number of imidazole rings is 1. The molecule has 1 aromatic carbocycles. The normalized spacial score (nSPS) is 17.0. The van der Waals surface area contributed by atoms with E-state index in [4.69, 9.17) is 5.10 Å². The fraction of sp³-hybridized carbons (Fsp3) is 0.357. The van der Waals surface area contributed by atoms with Gasteiger partial charge in [0, 0.05) is 26.8 Å². The molecule has 4 heterocycles. The number of pyridine rings is 1. The van der Waals surface area contributed by atoms with Crippen LogP contribution in [0, 0.1) is 26.6 Å². The molecule has 1 aliphatic heterocycles. The number of carbonyl (C=O) groups is 1. The van der Waals surface area contributed by atoms with Crippen molar-refractivity contribution in [3.05, 3.63) is 92.9 Å². The minimum atomic E-state index is -0.410. The molecule has 0 radical (unpaired) electrons. The number of benzene rings is 1. The second-order valence-corrected chi connectivity index (χ2v) is 9.18. The zero-order chi connectivity index (χ0) is 26.9. The van der Waals surface area contributed by atoms with Gasteiger partial charge in [0.2, 0.25) is 0 Å². The zero-order valence-electron chi connectivity index (χ0n) is 22.1. The lowest BCUT2D eigenvalue weighted by atomic mass is 10.0. The van der Waals surface area contributed by atoms with Crippen LogP contribution in [0.25, 0.3) is 5.65 Å². The van der Waals surface area contributed by atoms with Crippen molar-refractivity contribution in [2.24, 2.45) is 7.05 Å². The Morgan fingerprint density at radius 2 is 1.89 bits per heavy atom. The van der Waals surface area contributed by atoms with E-state index in [1.165, 1.54) is 16.7 Å². The van der Waals surface area contributed by atoms with Crippen molar-refractivity contribution >= 4 is 17.4 Å². The van der Waals surface area contributed by atoms with Gasteiger partial charge in [0.25, 0.3) is 11.5 Å². The predicted octanol–water partition coefficient (Wildman–Crippen LogP) is 4.51. The van der Waals surface area contributed by atoms with Crippen LogP contribution in [0.1, 0.15) is 60.6 Å². The lowest BCUT2D eigenvalue weighted by Gasteiger charge is -2.26. The molecule has 0 spiro atoms. The molecule has 5 rings (SSSR count). The van der Waals surface area contributed by atoms with Crippen molar-refractivity contribution in [3.8, 4) is 0 Å². The van der Waals surface area contributed by atoms with Gasteiger partial charge in [0.1, 0.15) is 17.2 Å². The molecule has 1 saturated heterocycles. The fourth-order valence-corrected chi connectivity index (χ4v) is 4.76. The molecule has 1 amide bonds. The Morgan fingerprint density at radius 1 is 1.14 bits per heavy atom. The molecule has 0 saturated carbocycles. The Hall–Kier alpha value is -4.01. The van der Waals surface area contributed by atoms with Crippen molar-refractivity contribution < 1.29 is 10.6 Å². The maximum Gasteiger partial charge on any atom is 0.263 e. The predicted molar refractivity (Wildman–Crippen MR) is 145 cm³/mol. The highest BCUT2D eigenvalue weighted by molar-refractivity contribution is 5.94. The molecule has 1 N–H and O–H groups in total. The highest BCUT2D eigenvalue weighted by Crippen LogP contribution is 2.36. The number of aromatic nitrogens is 4. The maximum absolute atomic E-state index is 14.1. The first-order valence-corrected chi connectivity index (χ1v) is 12.5. The summed E-state index contributed by atoms with van der Waals surface area (Å²) in [5.74, 6) is -0.0264. The molecule has 1 unspecified atom stereocenters. The standard InChI is InChI=1S/C26H27FN6O2.C2H6.H2/c1-15-10-21(26(35)31(4)17(15)3)25(34)29-20-12-22(18-6-5-7-19(27)11-18)32(14-20)24-9-8-23-28-13-16(2)33(23)30-24;1-2;/h5-11,13,20,22H,12,14H2,1-4H3,(H,29,34);1-2H3;1H/t20?,22-;;/m1../s1. The third-order valence-electron chi connectivity index (χ3n) is 6.90. The number of halogens is 1. The zero-order valence-corrected chi connectivity index (χ0v) is 22.1. The summed E-state index contributed by atoms with van der Waals surface area (Å²) in [7, 11) is 1.67. The number of nitrogens with zero attached hydrogens (tertiary/aromatic N) is 5. The van der Waals surface area contributed by atoms with Gasteiger partial charge in [-0.15, -0.1) is 5.10 Å². The summed E-state index contributed by atoms with van der Waals surface area (Å²) in [5.41, 5.74) is 3.92. The van der Waals surface area contributed by atoms with Crippen LogP contribution in [0.2, 0.25) is 0 Å². The number of amides is 1. The first-order chi connectivity index (χ1) is 17.7. The number of aryl methyl sites for hydroxylation is 2. The summed E-state index contributed by atoms with van der Waals surface area (Å²) in [4.78, 5) is 32.3. The van der Waals surface area contributed by atoms with Gasteiger partial charge in [-0.2, -0.15) is 0 Å². The fourth-order valence-electron chi connectivity index (χ4n) is 4.76. The van der Waals surface area contributed by atoms with E-state index < -0.39 is 5.91 Å². The summed E-state index contributed by atoms with van der Waals surface area (Å²) in [6.45, 7) is 10.1. The van der Waals surface area contributed by atoms with Gasteiger partial charge >= 0.3 is 0 Å². The van der Waals surface area contributed by atoms with Crippen LogP contribution in [0.5, 0.6) is 0 Å². The van der Waals surface area contributed by atoms with Gasteiger partial charge in [0.05, 0.1) is 17.9 Å². The Balaban J connectivity index is 0.00000130. The quantitative estimate of drug-likeness (QED) is 0.440. The van der Waals surface area contributed by atoms with E-state index in [0.29, 0.717) is 18.8 Å². The summed E-state index contributed by atoms with van der Waals surface area (Å²) >= 11 is 0. The molecule has 37 heavy (non-hydrogen) atoms. The SMILES string of the molecule is CC.Cc1cc(C(=O)NC2C[C@H](c3cccc(F)c3)N(c3ccc4ncc(C)n4n3)C2)c(=O)n(C)c1C.[HH]. The van der Waals surface area contributed by atoms with Crippen LogP contribution in [-0.2, 0) is 7.05 Å². The maximum atomic E-state index is 14.1. The van der Waals surface area contributed by atoms with E-state index in [9.17, 15) is 14.0 Å². The second-order valence-electron chi connectivity index (χ2n) is 9.18. The monoisotopic (exact) mass is 506 g/mol. The molecule has 8 nitrogen and oxygen atoms in total. The van der Waals surface area contributed by atoms with Crippen LogP contribution in [0.15, 0.2) is 53.5 Å². The molecule has 0 bridgehead atoms. The van der Waals surface area contributed by atoms with E-state index in [2.05, 4.69) is 15.2 Å². The van der Waals surface area contributed by atoms with Crippen LogP contribution in [-0.4, -0.2) is 37.7 Å². The average Bonchev–Trinajstić information content (AvgIpc) is 3.49. The van der Waals surface area contributed by atoms with Crippen LogP contribution in [0.4, 0.5) is 10.2 Å². The Morgan fingerprint density at radius 3 is 2.62 bits per heavy atom. The number of rotatable bonds is 4. The third kappa shape index (κ3) is 4.98. The van der Waals surface area contributed by atoms with Gasteiger partial charge in [0.15, 0.2) is 5.65 Å². The Labute approximate surface area is 217 Å². The summed E-state index contributed by atoms with van der Waals surface area (Å²) in [6.07, 6.45) is 2.30. The Kier molecular flexibility index (Phi) is 7.42. The second kappa shape index (κ2) is 10.5. The van der Waals surface area contributed by atoms with Crippen LogP contribution >= 0.6 is 0 Å². The minimum absolute atomic E-state index is 0. The highest BCUT2D eigenvalue weighted by atomic mass is 19.1. The number of hydrogen-bond donors (Lipinski definition) is 1. The van der Waals surface area contributed by atoms with Crippen molar-refractivity contribution in [2.75, 3.05) is 11.4 Å². The Bertz CT molecular complexity index is 1520. The number of nitrogens with one attached hydrogen (secondary N) is 1. The molecule has 2 atom stereocenters. The summed E-state index contributed by atoms with van der Waals surface area (Å²) in [6, 6.07) is 11.4. The highest BCUT2D eigenvalue weighted by Gasteiger charge is 2.36. The molecule has 196 valence electrons. The van der Waals surface area contributed by atoms with Gasteiger partial charge in [-0.05, 0) is 68.7 Å². The largest absolute Gasteiger partial charge is 0.347 e. The molecule has 3 aromatic heterocycles. The van der Waals surface area contributed by atoms with E-state index >= 15 is 0 Å². The number of carbonyl (C=O) groups excluding carboxylic acids is 1. The number of fused-ring (bicyclic) bond motifs is 1. The summed E-state index contributed by atoms with van der Waals surface area (Å²) < 4.78 is 17.4. The third-order valence-corrected chi connectivity index (χ3v) is 6.90. The van der Waals surface area contributed by atoms with Gasteiger partial charge in [-0.3, -0.25) is 9.59 Å². The molecule has 0 aliphatic carbocycles. The average molecular weight is 507 g/mol. The topological polar surface area (TPSA) is 84.5 Å². The van der Waals surface area contributed by atoms with Gasteiger partial charge < -0.3 is 14.8 Å². The van der Waals surface area contributed by atoms with E-state index in [1.807, 2.05) is 52.8 Å². The van der Waals surface area contributed by atoms with Crippen molar-refractivity contribution in [3.63, 3.8) is 0 Å². The first kappa shape index (κ1) is 26.1. The van der Waals surface area contributed by atoms with Crippen LogP contribution in [0.3, 0.4) is 0 Å². The molecular formula is C28H35FN6O2. The first-order valence-electron chi connectivity index (χ1n) is 12.5. The number of hydrogen-bond acceptors (Lipinski definition) is 5. The van der Waals surface area contributed by atoms with Crippen LogP contribution < -0.4 is 15.8 Å².